The third-order valence-corrected chi connectivity index (χ3v) is 3.16. The average Bonchev–Trinajstić information content (AvgIpc) is 2.50. The Balaban J connectivity index is 1.73. The van der Waals surface area contributed by atoms with Crippen LogP contribution >= 0.6 is 0 Å². The molecule has 3 N–H and O–H groups in total. The van der Waals surface area contributed by atoms with Crippen molar-refractivity contribution in [1.82, 2.24) is 0 Å². The van der Waals surface area contributed by atoms with Crippen LogP contribution in [0.3, 0.4) is 0 Å². The Kier molecular flexibility index (Phi) is 5.35. The molecular weight excluding hydrogens is 264 g/mol. The molecule has 0 aromatic heterocycles. The van der Waals surface area contributed by atoms with Crippen LogP contribution in [0, 0.1) is 0 Å². The van der Waals surface area contributed by atoms with E-state index in [0.29, 0.717) is 18.7 Å². The van der Waals surface area contributed by atoms with Crippen molar-refractivity contribution in [3.63, 3.8) is 0 Å². The van der Waals surface area contributed by atoms with Gasteiger partial charge in [0.1, 0.15) is 0 Å². The first kappa shape index (κ1) is 15.1. The second-order valence-electron chi connectivity index (χ2n) is 4.84. The summed E-state index contributed by atoms with van der Waals surface area (Å²) >= 11 is 0. The fraction of sp³-hybridized carbons (Fsp3) is 0.235. The Labute approximate surface area is 124 Å². The molecule has 1 amide bonds. The van der Waals surface area contributed by atoms with Gasteiger partial charge in [0.15, 0.2) is 0 Å². The lowest BCUT2D eigenvalue weighted by Gasteiger charge is -2.13. The molecule has 0 saturated heterocycles. The number of carbonyl (C=O) groups excluding carboxylic acids is 1. The predicted octanol–water partition coefficient (Wildman–Crippen LogP) is 3.38. The van der Waals surface area contributed by atoms with Gasteiger partial charge in [-0.05, 0) is 36.8 Å². The smallest absolute Gasteiger partial charge is 0.226 e. The molecule has 1 unspecified atom stereocenters. The van der Waals surface area contributed by atoms with Gasteiger partial charge in [0.2, 0.25) is 5.91 Å². The van der Waals surface area contributed by atoms with E-state index in [-0.39, 0.29) is 12.0 Å². The Hall–Kier alpha value is -2.33. The van der Waals surface area contributed by atoms with Gasteiger partial charge in [0.25, 0.3) is 0 Å². The second kappa shape index (κ2) is 7.45. The molecule has 0 fully saturated rings. The largest absolute Gasteiger partial charge is 0.399 e. The number of rotatable bonds is 6. The highest BCUT2D eigenvalue weighted by molar-refractivity contribution is 5.90. The van der Waals surface area contributed by atoms with Gasteiger partial charge in [0, 0.05) is 11.4 Å². The lowest BCUT2D eigenvalue weighted by molar-refractivity contribution is -0.117. The highest BCUT2D eigenvalue weighted by Crippen LogP contribution is 2.16. The first-order chi connectivity index (χ1) is 10.1. The molecule has 110 valence electrons. The molecule has 21 heavy (non-hydrogen) atoms. The van der Waals surface area contributed by atoms with Crippen LogP contribution in [0.1, 0.15) is 25.0 Å². The fourth-order valence-corrected chi connectivity index (χ4v) is 1.94. The lowest BCUT2D eigenvalue weighted by Crippen LogP contribution is -2.15. The number of ether oxygens (including phenoxy) is 1. The normalized spacial score (nSPS) is 11.9. The lowest BCUT2D eigenvalue weighted by atomic mass is 10.1. The molecule has 0 bridgehead atoms. The van der Waals surface area contributed by atoms with Gasteiger partial charge >= 0.3 is 0 Å². The zero-order valence-electron chi connectivity index (χ0n) is 12.1. The van der Waals surface area contributed by atoms with Crippen LogP contribution in [0.15, 0.2) is 54.6 Å². The maximum atomic E-state index is 11.8. The molecule has 0 spiro atoms. The van der Waals surface area contributed by atoms with E-state index in [4.69, 9.17) is 10.5 Å². The highest BCUT2D eigenvalue weighted by atomic mass is 16.5. The van der Waals surface area contributed by atoms with E-state index in [1.165, 1.54) is 0 Å². The van der Waals surface area contributed by atoms with Crippen LogP contribution in [-0.2, 0) is 9.53 Å². The Morgan fingerprint density at radius 2 is 1.81 bits per heavy atom. The molecule has 1 atom stereocenters. The van der Waals surface area contributed by atoms with Gasteiger partial charge in [-0.15, -0.1) is 0 Å². The molecule has 0 saturated carbocycles. The molecule has 0 radical (unpaired) electrons. The molecule has 4 nitrogen and oxygen atoms in total. The Bertz CT molecular complexity index is 567. The van der Waals surface area contributed by atoms with Crippen molar-refractivity contribution in [2.45, 2.75) is 19.4 Å². The minimum atomic E-state index is -0.0694. The van der Waals surface area contributed by atoms with Crippen LogP contribution in [0.4, 0.5) is 11.4 Å². The second-order valence-corrected chi connectivity index (χ2v) is 4.84. The van der Waals surface area contributed by atoms with Crippen molar-refractivity contribution in [3.8, 4) is 0 Å². The van der Waals surface area contributed by atoms with E-state index < -0.39 is 0 Å². The standard InChI is InChI=1S/C17H20N2O2/c1-13(14-5-3-2-4-6-14)21-12-11-17(20)19-16-9-7-15(18)8-10-16/h2-10,13H,11-12,18H2,1H3,(H,19,20). The number of anilines is 2. The number of carbonyl (C=O) groups is 1. The van der Waals surface area contributed by atoms with E-state index in [9.17, 15) is 4.79 Å². The van der Waals surface area contributed by atoms with Gasteiger partial charge < -0.3 is 15.8 Å². The molecule has 2 aromatic carbocycles. The minimum Gasteiger partial charge on any atom is -0.399 e. The predicted molar refractivity (Wildman–Crippen MR) is 84.9 cm³/mol. The van der Waals surface area contributed by atoms with Crippen LogP contribution in [-0.4, -0.2) is 12.5 Å². The third-order valence-electron chi connectivity index (χ3n) is 3.16. The molecule has 0 heterocycles. The molecule has 0 aliphatic rings. The number of hydrogen-bond donors (Lipinski definition) is 2. The summed E-state index contributed by atoms with van der Waals surface area (Å²) in [6.07, 6.45) is 0.303. The number of nitrogens with one attached hydrogen (secondary N) is 1. The monoisotopic (exact) mass is 284 g/mol. The third kappa shape index (κ3) is 4.93. The van der Waals surface area contributed by atoms with Crippen LogP contribution in [0.5, 0.6) is 0 Å². The summed E-state index contributed by atoms with van der Waals surface area (Å²) in [5.74, 6) is -0.0694. The SMILES string of the molecule is CC(OCCC(=O)Nc1ccc(N)cc1)c1ccccc1. The summed E-state index contributed by atoms with van der Waals surface area (Å²) in [7, 11) is 0. The summed E-state index contributed by atoms with van der Waals surface area (Å²) in [4.78, 5) is 11.8. The van der Waals surface area contributed by atoms with Gasteiger partial charge in [-0.25, -0.2) is 0 Å². The number of amides is 1. The average molecular weight is 284 g/mol. The van der Waals surface area contributed by atoms with Gasteiger partial charge in [-0.3, -0.25) is 4.79 Å². The van der Waals surface area contributed by atoms with Crippen LogP contribution < -0.4 is 11.1 Å². The van der Waals surface area contributed by atoms with Crippen molar-refractivity contribution in [3.05, 3.63) is 60.2 Å². The van der Waals surface area contributed by atoms with E-state index >= 15 is 0 Å². The zero-order valence-corrected chi connectivity index (χ0v) is 12.1. The van der Waals surface area contributed by atoms with Crippen molar-refractivity contribution < 1.29 is 9.53 Å². The Morgan fingerprint density at radius 1 is 1.14 bits per heavy atom. The fourth-order valence-electron chi connectivity index (χ4n) is 1.94. The topological polar surface area (TPSA) is 64.3 Å². The van der Waals surface area contributed by atoms with Gasteiger partial charge in [-0.2, -0.15) is 0 Å². The summed E-state index contributed by atoms with van der Waals surface area (Å²) in [6, 6.07) is 17.0. The number of benzene rings is 2. The molecule has 4 heteroatoms. The summed E-state index contributed by atoms with van der Waals surface area (Å²) in [6.45, 7) is 2.37. The first-order valence-corrected chi connectivity index (χ1v) is 6.97. The quantitative estimate of drug-likeness (QED) is 0.799. The maximum absolute atomic E-state index is 11.8. The molecule has 2 rings (SSSR count). The van der Waals surface area contributed by atoms with E-state index in [1.807, 2.05) is 37.3 Å². The zero-order chi connectivity index (χ0) is 15.1. The van der Waals surface area contributed by atoms with Crippen molar-refractivity contribution in [2.24, 2.45) is 0 Å². The molecule has 0 aliphatic heterocycles. The first-order valence-electron chi connectivity index (χ1n) is 6.97. The van der Waals surface area contributed by atoms with Crippen molar-refractivity contribution in [1.29, 1.82) is 0 Å². The summed E-state index contributed by atoms with van der Waals surface area (Å²) in [5, 5.41) is 2.81. The van der Waals surface area contributed by atoms with Crippen LogP contribution in [0.25, 0.3) is 0 Å². The molecule has 2 aromatic rings. The summed E-state index contributed by atoms with van der Waals surface area (Å²) in [5.41, 5.74) is 8.12. The number of nitrogen functional groups attached to an aromatic ring is 1. The molecular formula is C17H20N2O2. The van der Waals surface area contributed by atoms with Crippen molar-refractivity contribution >= 4 is 17.3 Å². The highest BCUT2D eigenvalue weighted by Gasteiger charge is 2.07. The van der Waals surface area contributed by atoms with E-state index in [2.05, 4.69) is 5.32 Å². The molecule has 0 aliphatic carbocycles. The summed E-state index contributed by atoms with van der Waals surface area (Å²) < 4.78 is 5.67. The number of hydrogen-bond acceptors (Lipinski definition) is 3. The van der Waals surface area contributed by atoms with Gasteiger partial charge in [0.05, 0.1) is 19.1 Å². The minimum absolute atomic E-state index is 0.0180. The Morgan fingerprint density at radius 3 is 2.48 bits per heavy atom. The number of nitrogens with two attached hydrogens (primary N) is 1. The van der Waals surface area contributed by atoms with Crippen molar-refractivity contribution in [2.75, 3.05) is 17.7 Å². The van der Waals surface area contributed by atoms with E-state index in [1.54, 1.807) is 24.3 Å². The van der Waals surface area contributed by atoms with Crippen LogP contribution in [0.2, 0.25) is 0 Å². The maximum Gasteiger partial charge on any atom is 0.226 e. The van der Waals surface area contributed by atoms with Gasteiger partial charge in [-0.1, -0.05) is 30.3 Å². The van der Waals surface area contributed by atoms with E-state index in [0.717, 1.165) is 11.3 Å².